The molecule has 162 valence electrons. The fourth-order valence-electron chi connectivity index (χ4n) is 4.48. The molecule has 1 saturated carbocycles. The van der Waals surface area contributed by atoms with Crippen LogP contribution >= 0.6 is 0 Å². The summed E-state index contributed by atoms with van der Waals surface area (Å²) < 4.78 is 6.73. The normalized spacial score (nSPS) is 16.5. The standard InChI is InChI=1S/C23H25N3O5/c1-23(6-7-23)24-11-14-8-13-9-16-12(10-17(13)26(14)2)4-3-5-15-18(16)25-21(28)20(19(15)27)31-22(29)30/h8-10,24H,3-7,11H2,1-2H3,(H,29,30)(H2,25,27,28). The van der Waals surface area contributed by atoms with Crippen molar-refractivity contribution in [2.45, 2.75) is 51.1 Å². The molecule has 1 fully saturated rings. The maximum atomic E-state index is 12.5. The van der Waals surface area contributed by atoms with Crippen molar-refractivity contribution in [2.24, 2.45) is 7.05 Å². The molecule has 8 nitrogen and oxygen atoms in total. The quantitative estimate of drug-likeness (QED) is 0.478. The Morgan fingerprint density at radius 2 is 2.06 bits per heavy atom. The van der Waals surface area contributed by atoms with Crippen LogP contribution in [0.2, 0.25) is 0 Å². The number of aromatic nitrogens is 2. The number of carbonyl (C=O) groups is 1. The lowest BCUT2D eigenvalue weighted by Crippen LogP contribution is -2.27. The van der Waals surface area contributed by atoms with Gasteiger partial charge in [-0.2, -0.15) is 0 Å². The Labute approximate surface area is 178 Å². The minimum atomic E-state index is -1.64. The van der Waals surface area contributed by atoms with Gasteiger partial charge in [-0.15, -0.1) is 0 Å². The average molecular weight is 423 g/mol. The van der Waals surface area contributed by atoms with E-state index in [1.807, 2.05) is 6.07 Å². The molecule has 8 heteroatoms. The van der Waals surface area contributed by atoms with Crippen LogP contribution in [0.5, 0.6) is 11.5 Å². The van der Waals surface area contributed by atoms with Crippen LogP contribution < -0.4 is 15.6 Å². The molecule has 0 atom stereocenters. The molecule has 31 heavy (non-hydrogen) atoms. The molecule has 0 aliphatic heterocycles. The lowest BCUT2D eigenvalue weighted by atomic mass is 9.99. The highest BCUT2D eigenvalue weighted by Crippen LogP contribution is 2.40. The number of nitrogens with one attached hydrogen (secondary N) is 2. The van der Waals surface area contributed by atoms with Crippen molar-refractivity contribution in [1.82, 2.24) is 14.9 Å². The summed E-state index contributed by atoms with van der Waals surface area (Å²) in [5.41, 5.74) is 4.78. The van der Waals surface area contributed by atoms with E-state index in [9.17, 15) is 14.7 Å². The molecule has 2 aliphatic carbocycles. The number of aromatic hydroxyl groups is 1. The Morgan fingerprint density at radius 1 is 1.29 bits per heavy atom. The molecule has 2 aliphatic rings. The maximum Gasteiger partial charge on any atom is 0.511 e. The highest BCUT2D eigenvalue weighted by Gasteiger charge is 2.36. The second-order valence-electron chi connectivity index (χ2n) is 8.88. The molecule has 5 rings (SSSR count). The molecule has 0 radical (unpaired) electrons. The summed E-state index contributed by atoms with van der Waals surface area (Å²) in [6.07, 6.45) is 2.82. The van der Waals surface area contributed by atoms with Gasteiger partial charge in [-0.1, -0.05) is 0 Å². The fraction of sp³-hybridized carbons (Fsp3) is 0.391. The number of pyridine rings is 1. The van der Waals surface area contributed by atoms with E-state index in [1.165, 1.54) is 18.5 Å². The Morgan fingerprint density at radius 3 is 2.77 bits per heavy atom. The lowest BCUT2D eigenvalue weighted by molar-refractivity contribution is 0.142. The zero-order chi connectivity index (χ0) is 21.9. The lowest BCUT2D eigenvalue weighted by Gasteiger charge is -2.13. The van der Waals surface area contributed by atoms with Crippen LogP contribution in [-0.2, 0) is 26.4 Å². The first kappa shape index (κ1) is 19.7. The van der Waals surface area contributed by atoms with Gasteiger partial charge in [0.05, 0.1) is 5.69 Å². The Kier molecular flexibility index (Phi) is 4.37. The number of hydrogen-bond acceptors (Lipinski definition) is 5. The molecule has 2 aromatic heterocycles. The topological polar surface area (TPSA) is 117 Å². The molecular weight excluding hydrogens is 398 g/mol. The van der Waals surface area contributed by atoms with Crippen molar-refractivity contribution in [3.05, 3.63) is 45.4 Å². The summed E-state index contributed by atoms with van der Waals surface area (Å²) in [6, 6.07) is 6.35. The molecule has 0 amide bonds. The first-order valence-electron chi connectivity index (χ1n) is 10.5. The van der Waals surface area contributed by atoms with Crippen LogP contribution in [0, 0.1) is 0 Å². The molecule has 0 spiro atoms. The number of benzene rings is 1. The molecular formula is C23H25N3O5. The first-order valence-corrected chi connectivity index (χ1v) is 10.5. The monoisotopic (exact) mass is 423 g/mol. The molecule has 4 N–H and O–H groups in total. The smallest absolute Gasteiger partial charge is 0.504 e. The Hall–Kier alpha value is -3.26. The van der Waals surface area contributed by atoms with Crippen molar-refractivity contribution in [1.29, 1.82) is 0 Å². The van der Waals surface area contributed by atoms with Crippen molar-refractivity contribution in [2.75, 3.05) is 0 Å². The van der Waals surface area contributed by atoms with Gasteiger partial charge >= 0.3 is 6.16 Å². The predicted octanol–water partition coefficient (Wildman–Crippen LogP) is 3.43. The van der Waals surface area contributed by atoms with E-state index in [0.29, 0.717) is 17.7 Å². The molecule has 2 heterocycles. The van der Waals surface area contributed by atoms with E-state index in [0.717, 1.165) is 41.4 Å². The van der Waals surface area contributed by atoms with E-state index < -0.39 is 23.2 Å². The summed E-state index contributed by atoms with van der Waals surface area (Å²) in [6.45, 7) is 3.02. The number of nitrogens with zero attached hydrogens (tertiary/aromatic N) is 1. The minimum absolute atomic E-state index is 0.249. The largest absolute Gasteiger partial charge is 0.511 e. The summed E-state index contributed by atoms with van der Waals surface area (Å²) in [5, 5.41) is 24.2. The zero-order valence-electron chi connectivity index (χ0n) is 17.5. The number of fused-ring (bicyclic) bond motifs is 4. The van der Waals surface area contributed by atoms with E-state index >= 15 is 0 Å². The van der Waals surface area contributed by atoms with Gasteiger partial charge in [0, 0.05) is 46.9 Å². The van der Waals surface area contributed by atoms with E-state index in [1.54, 1.807) is 0 Å². The van der Waals surface area contributed by atoms with Crippen LogP contribution in [-0.4, -0.2) is 31.5 Å². The van der Waals surface area contributed by atoms with Crippen LogP contribution in [0.15, 0.2) is 23.0 Å². The van der Waals surface area contributed by atoms with Gasteiger partial charge in [0.15, 0.2) is 5.75 Å². The van der Waals surface area contributed by atoms with Crippen LogP contribution in [0.1, 0.15) is 43.0 Å². The van der Waals surface area contributed by atoms with Gasteiger partial charge in [-0.25, -0.2) is 4.79 Å². The maximum absolute atomic E-state index is 12.5. The van der Waals surface area contributed by atoms with Crippen LogP contribution in [0.4, 0.5) is 4.79 Å². The van der Waals surface area contributed by atoms with Gasteiger partial charge in [-0.05, 0) is 62.8 Å². The third kappa shape index (κ3) is 3.37. The van der Waals surface area contributed by atoms with Crippen LogP contribution in [0.25, 0.3) is 22.2 Å². The van der Waals surface area contributed by atoms with E-state index in [-0.39, 0.29) is 5.54 Å². The number of aromatic amines is 1. The first-order chi connectivity index (χ1) is 14.8. The predicted molar refractivity (Wildman–Crippen MR) is 116 cm³/mol. The molecule has 1 aromatic carbocycles. The number of aryl methyl sites for hydroxylation is 2. The summed E-state index contributed by atoms with van der Waals surface area (Å²) >= 11 is 0. The molecule has 3 aromatic rings. The second-order valence-corrected chi connectivity index (χ2v) is 8.88. The Bertz CT molecular complexity index is 1280. The molecule has 0 saturated heterocycles. The minimum Gasteiger partial charge on any atom is -0.504 e. The fourth-order valence-corrected chi connectivity index (χ4v) is 4.48. The number of hydrogen-bond donors (Lipinski definition) is 4. The van der Waals surface area contributed by atoms with Gasteiger partial charge < -0.3 is 29.8 Å². The van der Waals surface area contributed by atoms with Crippen molar-refractivity contribution in [3.8, 4) is 22.8 Å². The number of ether oxygens (including phenoxy) is 1. The number of rotatable bonds is 4. The third-order valence-electron chi connectivity index (χ3n) is 6.64. The van der Waals surface area contributed by atoms with Gasteiger partial charge in [-0.3, -0.25) is 4.79 Å². The zero-order valence-corrected chi connectivity index (χ0v) is 17.5. The highest BCUT2D eigenvalue weighted by molar-refractivity contribution is 5.89. The molecule has 0 bridgehead atoms. The number of carboxylic acid groups (broad SMARTS) is 1. The third-order valence-corrected chi connectivity index (χ3v) is 6.64. The SMILES string of the molecule is Cn1c(CNC2(C)CC2)cc2cc3c(cc21)CCCc1c-3[nH]c(=O)c(OC(=O)O)c1O. The van der Waals surface area contributed by atoms with Crippen molar-refractivity contribution < 1.29 is 19.7 Å². The van der Waals surface area contributed by atoms with E-state index in [2.05, 4.69) is 45.7 Å². The summed E-state index contributed by atoms with van der Waals surface area (Å²) in [4.78, 5) is 26.1. The van der Waals surface area contributed by atoms with Crippen molar-refractivity contribution >= 4 is 17.1 Å². The molecule has 0 unspecified atom stereocenters. The Balaban J connectivity index is 1.62. The summed E-state index contributed by atoms with van der Waals surface area (Å²) in [5.74, 6) is -0.970. The van der Waals surface area contributed by atoms with Gasteiger partial charge in [0.25, 0.3) is 5.56 Å². The highest BCUT2D eigenvalue weighted by atomic mass is 16.7. The van der Waals surface area contributed by atoms with Crippen molar-refractivity contribution in [3.63, 3.8) is 0 Å². The van der Waals surface area contributed by atoms with Gasteiger partial charge in [0.1, 0.15) is 0 Å². The van der Waals surface area contributed by atoms with Gasteiger partial charge in [0.2, 0.25) is 5.75 Å². The van der Waals surface area contributed by atoms with Crippen LogP contribution in [0.3, 0.4) is 0 Å². The van der Waals surface area contributed by atoms with E-state index in [4.69, 9.17) is 5.11 Å². The second kappa shape index (κ2) is 6.88. The summed E-state index contributed by atoms with van der Waals surface area (Å²) in [7, 11) is 2.06. The average Bonchev–Trinajstić information content (AvgIpc) is 3.42. The number of H-pyrrole nitrogens is 1.